The molecule has 0 fully saturated rings. The summed E-state index contributed by atoms with van der Waals surface area (Å²) in [4.78, 5) is 16.5. The van der Waals surface area contributed by atoms with Gasteiger partial charge in [-0.05, 0) is 91.1 Å². The molecule has 0 aliphatic heterocycles. The van der Waals surface area contributed by atoms with Crippen LogP contribution in [0.2, 0.25) is 0 Å². The summed E-state index contributed by atoms with van der Waals surface area (Å²) < 4.78 is 0. The first-order chi connectivity index (χ1) is 17.9. The SMILES string of the molecule is [C-]#[N+]/C(=C\c1ccc(C=Cc2ccc(N(c3ccccc3)c3ccc(C)cc3)cc2C)c(C)c1)C(=O)O. The molecule has 1 N–H and O–H groups in total. The van der Waals surface area contributed by atoms with Gasteiger partial charge in [-0.25, -0.2) is 4.85 Å². The largest absolute Gasteiger partial charge is 0.486 e. The van der Waals surface area contributed by atoms with Crippen molar-refractivity contribution in [1.82, 2.24) is 0 Å². The average molecular weight is 485 g/mol. The zero-order valence-corrected chi connectivity index (χ0v) is 21.1. The lowest BCUT2D eigenvalue weighted by molar-refractivity contribution is -0.132. The molecule has 0 amide bonds. The smallest absolute Gasteiger partial charge is 0.333 e. The van der Waals surface area contributed by atoms with Crippen LogP contribution in [0.3, 0.4) is 0 Å². The molecular formula is C33H28N2O2. The monoisotopic (exact) mass is 484 g/mol. The van der Waals surface area contributed by atoms with Gasteiger partial charge in [0.25, 0.3) is 5.70 Å². The first kappa shape index (κ1) is 25.2. The van der Waals surface area contributed by atoms with Crippen molar-refractivity contribution in [2.45, 2.75) is 20.8 Å². The zero-order valence-electron chi connectivity index (χ0n) is 21.1. The molecule has 0 aromatic heterocycles. The fourth-order valence-electron chi connectivity index (χ4n) is 4.16. The van der Waals surface area contributed by atoms with Crippen LogP contribution in [-0.4, -0.2) is 11.1 Å². The van der Waals surface area contributed by atoms with Gasteiger partial charge < -0.3 is 10.0 Å². The summed E-state index contributed by atoms with van der Waals surface area (Å²) in [6.07, 6.45) is 5.55. The molecule has 4 aromatic rings. The van der Waals surface area contributed by atoms with Crippen molar-refractivity contribution >= 4 is 41.3 Å². The molecule has 0 saturated heterocycles. The van der Waals surface area contributed by atoms with E-state index in [0.29, 0.717) is 5.56 Å². The Bertz CT molecular complexity index is 1530. The van der Waals surface area contributed by atoms with Crippen LogP contribution in [0.15, 0.2) is 96.7 Å². The highest BCUT2D eigenvalue weighted by atomic mass is 16.4. The van der Waals surface area contributed by atoms with Crippen molar-refractivity contribution in [2.75, 3.05) is 4.90 Å². The molecule has 0 radical (unpaired) electrons. The molecule has 37 heavy (non-hydrogen) atoms. The Kier molecular flexibility index (Phi) is 7.66. The number of hydrogen-bond donors (Lipinski definition) is 1. The summed E-state index contributed by atoms with van der Waals surface area (Å²) in [6, 6.07) is 31.0. The van der Waals surface area contributed by atoms with Gasteiger partial charge in [-0.3, -0.25) is 4.79 Å². The third kappa shape index (κ3) is 6.04. The average Bonchev–Trinajstić information content (AvgIpc) is 2.89. The van der Waals surface area contributed by atoms with Gasteiger partial charge in [-0.2, -0.15) is 0 Å². The summed E-state index contributed by atoms with van der Waals surface area (Å²) in [5, 5.41) is 9.09. The molecule has 0 atom stereocenters. The van der Waals surface area contributed by atoms with Crippen LogP contribution in [-0.2, 0) is 4.79 Å². The van der Waals surface area contributed by atoms with Gasteiger partial charge in [0, 0.05) is 17.1 Å². The van der Waals surface area contributed by atoms with Gasteiger partial charge in [0.15, 0.2) is 0 Å². The number of carboxylic acids is 1. The molecular weight excluding hydrogens is 456 g/mol. The lowest BCUT2D eigenvalue weighted by atomic mass is 10.0. The van der Waals surface area contributed by atoms with Crippen LogP contribution in [0.4, 0.5) is 17.1 Å². The molecule has 0 unspecified atom stereocenters. The lowest BCUT2D eigenvalue weighted by Crippen LogP contribution is -2.10. The van der Waals surface area contributed by atoms with Crippen molar-refractivity contribution in [3.63, 3.8) is 0 Å². The number of rotatable bonds is 7. The second-order valence-corrected chi connectivity index (χ2v) is 8.94. The maximum atomic E-state index is 11.1. The molecule has 0 aliphatic carbocycles. The predicted molar refractivity (Wildman–Crippen MR) is 153 cm³/mol. The number of para-hydroxylation sites is 1. The molecule has 4 aromatic carbocycles. The Morgan fingerprint density at radius 3 is 1.89 bits per heavy atom. The van der Waals surface area contributed by atoms with Crippen LogP contribution in [0, 0.1) is 27.3 Å². The number of hydrogen-bond acceptors (Lipinski definition) is 2. The second-order valence-electron chi connectivity index (χ2n) is 8.94. The first-order valence-corrected chi connectivity index (χ1v) is 12.0. The lowest BCUT2D eigenvalue weighted by Gasteiger charge is -2.26. The number of carbonyl (C=O) groups is 1. The minimum Gasteiger partial charge on any atom is -0.486 e. The number of nitrogens with zero attached hydrogens (tertiary/aromatic N) is 2. The summed E-state index contributed by atoms with van der Waals surface area (Å²) in [5.74, 6) is -1.22. The van der Waals surface area contributed by atoms with Gasteiger partial charge in [0.1, 0.15) is 0 Å². The molecule has 0 spiro atoms. The number of aliphatic carboxylic acids is 1. The third-order valence-corrected chi connectivity index (χ3v) is 6.20. The molecule has 0 aliphatic rings. The minimum atomic E-state index is -1.22. The third-order valence-electron chi connectivity index (χ3n) is 6.20. The maximum absolute atomic E-state index is 11.1. The summed E-state index contributed by atoms with van der Waals surface area (Å²) in [6.45, 7) is 13.2. The Morgan fingerprint density at radius 2 is 1.32 bits per heavy atom. The standard InChI is InChI=1S/C33H28N2O2/c1-23-10-17-30(18-11-23)35(29-8-6-5-7-9-29)31-19-16-28(25(3)21-31)15-14-27-13-12-26(20-24(27)2)22-32(34-4)33(36)37/h5-22H,1-3H3,(H,36,37)/b15-14?,32-22-. The van der Waals surface area contributed by atoms with E-state index in [0.717, 1.165) is 39.3 Å². The normalized spacial score (nSPS) is 11.4. The molecule has 0 saturated carbocycles. The predicted octanol–water partition coefficient (Wildman–Crippen LogP) is 8.60. The molecule has 4 nitrogen and oxygen atoms in total. The fraction of sp³-hybridized carbons (Fsp3) is 0.0909. The van der Waals surface area contributed by atoms with E-state index in [9.17, 15) is 4.79 Å². The van der Waals surface area contributed by atoms with Crippen LogP contribution in [0.5, 0.6) is 0 Å². The van der Waals surface area contributed by atoms with E-state index in [2.05, 4.69) is 90.3 Å². The van der Waals surface area contributed by atoms with Crippen molar-refractivity contribution in [3.8, 4) is 0 Å². The Morgan fingerprint density at radius 1 is 0.757 bits per heavy atom. The molecule has 0 bridgehead atoms. The van der Waals surface area contributed by atoms with E-state index >= 15 is 0 Å². The van der Waals surface area contributed by atoms with Crippen molar-refractivity contribution in [1.29, 1.82) is 0 Å². The van der Waals surface area contributed by atoms with E-state index < -0.39 is 5.97 Å². The van der Waals surface area contributed by atoms with Gasteiger partial charge in [-0.15, -0.1) is 0 Å². The summed E-state index contributed by atoms with van der Waals surface area (Å²) >= 11 is 0. The summed E-state index contributed by atoms with van der Waals surface area (Å²) in [7, 11) is 0. The van der Waals surface area contributed by atoms with E-state index in [1.807, 2.05) is 43.3 Å². The number of carboxylic acid groups (broad SMARTS) is 1. The maximum Gasteiger partial charge on any atom is 0.333 e. The van der Waals surface area contributed by atoms with Gasteiger partial charge in [-0.1, -0.05) is 72.3 Å². The van der Waals surface area contributed by atoms with Crippen molar-refractivity contribution in [3.05, 3.63) is 141 Å². The summed E-state index contributed by atoms with van der Waals surface area (Å²) in [5.41, 5.74) is 9.22. The Balaban J connectivity index is 1.63. The second kappa shape index (κ2) is 11.2. The Labute approximate surface area is 218 Å². The molecule has 0 heterocycles. The minimum absolute atomic E-state index is 0.298. The van der Waals surface area contributed by atoms with Gasteiger partial charge in [0.05, 0.1) is 6.57 Å². The highest BCUT2D eigenvalue weighted by molar-refractivity contribution is 5.94. The molecule has 182 valence electrons. The number of anilines is 3. The zero-order chi connectivity index (χ0) is 26.4. The van der Waals surface area contributed by atoms with E-state index in [1.54, 1.807) is 0 Å². The van der Waals surface area contributed by atoms with Gasteiger partial charge >= 0.3 is 5.97 Å². The van der Waals surface area contributed by atoms with Crippen LogP contribution < -0.4 is 4.90 Å². The van der Waals surface area contributed by atoms with E-state index in [1.165, 1.54) is 11.6 Å². The Hall–Kier alpha value is -4.88. The number of aryl methyl sites for hydroxylation is 3. The fourth-order valence-corrected chi connectivity index (χ4v) is 4.16. The van der Waals surface area contributed by atoms with E-state index in [4.69, 9.17) is 11.7 Å². The quantitative estimate of drug-likeness (QED) is 0.162. The number of benzene rings is 4. The highest BCUT2D eigenvalue weighted by Gasteiger charge is 2.13. The van der Waals surface area contributed by atoms with Crippen molar-refractivity contribution in [2.24, 2.45) is 0 Å². The first-order valence-electron chi connectivity index (χ1n) is 12.0. The molecule has 4 heteroatoms. The van der Waals surface area contributed by atoms with Crippen LogP contribution in [0.1, 0.15) is 33.4 Å². The highest BCUT2D eigenvalue weighted by Crippen LogP contribution is 2.35. The van der Waals surface area contributed by atoms with Crippen LogP contribution >= 0.6 is 0 Å². The van der Waals surface area contributed by atoms with E-state index in [-0.39, 0.29) is 5.70 Å². The van der Waals surface area contributed by atoms with Crippen molar-refractivity contribution < 1.29 is 9.90 Å². The van der Waals surface area contributed by atoms with Crippen LogP contribution in [0.25, 0.3) is 23.1 Å². The molecule has 4 rings (SSSR count). The van der Waals surface area contributed by atoms with Gasteiger partial charge in [0.2, 0.25) is 0 Å². The topological polar surface area (TPSA) is 44.9 Å².